The molecule has 0 saturated carbocycles. The van der Waals surface area contributed by atoms with Gasteiger partial charge in [-0.15, -0.1) is 0 Å². The molecule has 0 spiro atoms. The Balaban J connectivity index is 2.14. The number of phenols is 1. The minimum absolute atomic E-state index is 0.0165. The number of nitrogens with one attached hydrogen (secondary N) is 1. The van der Waals surface area contributed by atoms with Crippen LogP contribution < -0.4 is 11.1 Å². The van der Waals surface area contributed by atoms with Gasteiger partial charge in [0.25, 0.3) is 5.91 Å². The van der Waals surface area contributed by atoms with E-state index >= 15 is 0 Å². The number of benzene rings is 1. The largest absolute Gasteiger partial charge is 0.506 e. The molecule has 2 rings (SSSR count). The fourth-order valence-corrected chi connectivity index (χ4v) is 2.78. The second kappa shape index (κ2) is 6.00. The Morgan fingerprint density at radius 2 is 2.19 bits per heavy atom. The second-order valence-corrected chi connectivity index (χ2v) is 7.02. The van der Waals surface area contributed by atoms with E-state index in [1.54, 1.807) is 0 Å². The molecule has 0 bridgehead atoms. The number of hydrogen-bond acceptors (Lipinski definition) is 6. The van der Waals surface area contributed by atoms with Crippen molar-refractivity contribution in [1.29, 1.82) is 0 Å². The summed E-state index contributed by atoms with van der Waals surface area (Å²) in [4.78, 5) is 12.1. The molecule has 1 aliphatic rings. The van der Waals surface area contributed by atoms with Crippen LogP contribution in [-0.4, -0.2) is 44.4 Å². The molecule has 4 N–H and O–H groups in total. The normalized spacial score (nSPS) is 22.2. The van der Waals surface area contributed by atoms with Gasteiger partial charge in [-0.25, -0.2) is 8.42 Å². The number of ether oxygens (including phenoxy) is 1. The third kappa shape index (κ3) is 3.72. The van der Waals surface area contributed by atoms with Crippen molar-refractivity contribution in [2.24, 2.45) is 5.73 Å². The number of aromatic hydroxyl groups is 1. The van der Waals surface area contributed by atoms with Crippen LogP contribution in [0, 0.1) is 0 Å². The fourth-order valence-electron chi connectivity index (χ4n) is 2.13. The summed E-state index contributed by atoms with van der Waals surface area (Å²) in [5.41, 5.74) is 5.52. The lowest BCUT2D eigenvalue weighted by Crippen LogP contribution is -2.29. The molecule has 2 unspecified atom stereocenters. The smallest absolute Gasteiger partial charge is 0.253 e. The van der Waals surface area contributed by atoms with Crippen LogP contribution in [0.2, 0.25) is 0 Å². The molecule has 116 valence electrons. The topological polar surface area (TPSA) is 119 Å². The molecular weight excluding hydrogens is 296 g/mol. The van der Waals surface area contributed by atoms with E-state index in [9.17, 15) is 18.3 Å². The van der Waals surface area contributed by atoms with Crippen molar-refractivity contribution >= 4 is 21.4 Å². The monoisotopic (exact) mass is 314 g/mol. The number of rotatable bonds is 4. The van der Waals surface area contributed by atoms with Gasteiger partial charge < -0.3 is 20.9 Å². The summed E-state index contributed by atoms with van der Waals surface area (Å²) < 4.78 is 28.4. The Kier molecular flexibility index (Phi) is 4.50. The van der Waals surface area contributed by atoms with Crippen LogP contribution in [0.1, 0.15) is 12.8 Å². The molecule has 1 fully saturated rings. The Hall–Kier alpha value is -1.64. The summed E-state index contributed by atoms with van der Waals surface area (Å²) in [6.45, 7) is 0.346. The Morgan fingerprint density at radius 1 is 1.48 bits per heavy atom. The van der Waals surface area contributed by atoms with Crippen molar-refractivity contribution in [2.45, 2.75) is 29.9 Å². The van der Waals surface area contributed by atoms with Gasteiger partial charge in [0.2, 0.25) is 0 Å². The minimum Gasteiger partial charge on any atom is -0.506 e. The maximum atomic E-state index is 12.1. The Labute approximate surface area is 123 Å². The Morgan fingerprint density at radius 3 is 2.76 bits per heavy atom. The maximum absolute atomic E-state index is 12.1. The zero-order chi connectivity index (χ0) is 15.6. The van der Waals surface area contributed by atoms with E-state index in [0.717, 1.165) is 6.26 Å². The van der Waals surface area contributed by atoms with Gasteiger partial charge in [-0.3, -0.25) is 4.79 Å². The van der Waals surface area contributed by atoms with Crippen molar-refractivity contribution in [3.63, 3.8) is 0 Å². The van der Waals surface area contributed by atoms with E-state index in [2.05, 4.69) is 5.32 Å². The van der Waals surface area contributed by atoms with E-state index in [4.69, 9.17) is 10.5 Å². The lowest BCUT2D eigenvalue weighted by atomic mass is 10.2. The maximum Gasteiger partial charge on any atom is 0.253 e. The SMILES string of the molecule is CS(=O)(=O)c1ccc(O)c(NC(=O)C2CCC(CN)O2)c1. The average molecular weight is 314 g/mol. The molecule has 1 aromatic carbocycles. The zero-order valence-corrected chi connectivity index (χ0v) is 12.4. The van der Waals surface area contributed by atoms with Crippen LogP contribution in [0.3, 0.4) is 0 Å². The van der Waals surface area contributed by atoms with Crippen molar-refractivity contribution in [3.05, 3.63) is 18.2 Å². The molecule has 0 aromatic heterocycles. The van der Waals surface area contributed by atoms with Gasteiger partial charge in [0.1, 0.15) is 11.9 Å². The molecule has 7 nitrogen and oxygen atoms in total. The number of amides is 1. The van der Waals surface area contributed by atoms with Crippen LogP contribution in [0.4, 0.5) is 5.69 Å². The first-order chi connectivity index (χ1) is 9.81. The number of sulfone groups is 1. The lowest BCUT2D eigenvalue weighted by molar-refractivity contribution is -0.126. The van der Waals surface area contributed by atoms with E-state index in [1.807, 2.05) is 0 Å². The van der Waals surface area contributed by atoms with Gasteiger partial charge in [0.05, 0.1) is 16.7 Å². The zero-order valence-electron chi connectivity index (χ0n) is 11.6. The van der Waals surface area contributed by atoms with Crippen LogP contribution in [0.5, 0.6) is 5.75 Å². The first-order valence-corrected chi connectivity index (χ1v) is 8.40. The van der Waals surface area contributed by atoms with Crippen molar-refractivity contribution < 1.29 is 23.1 Å². The highest BCUT2D eigenvalue weighted by molar-refractivity contribution is 7.90. The summed E-state index contributed by atoms with van der Waals surface area (Å²) in [6, 6.07) is 3.72. The molecule has 21 heavy (non-hydrogen) atoms. The molecule has 1 aromatic rings. The van der Waals surface area contributed by atoms with Gasteiger partial charge in [0.15, 0.2) is 9.84 Å². The molecule has 8 heteroatoms. The van der Waals surface area contributed by atoms with Gasteiger partial charge in [-0.05, 0) is 31.0 Å². The summed E-state index contributed by atoms with van der Waals surface area (Å²) in [7, 11) is -3.42. The summed E-state index contributed by atoms with van der Waals surface area (Å²) in [5, 5.41) is 12.2. The van der Waals surface area contributed by atoms with Gasteiger partial charge >= 0.3 is 0 Å². The second-order valence-electron chi connectivity index (χ2n) is 5.00. The predicted molar refractivity (Wildman–Crippen MR) is 76.8 cm³/mol. The minimum atomic E-state index is -3.42. The van der Waals surface area contributed by atoms with E-state index < -0.39 is 21.8 Å². The number of phenolic OH excluding ortho intramolecular Hbond substituents is 1. The van der Waals surface area contributed by atoms with Crippen LogP contribution in [0.15, 0.2) is 23.1 Å². The predicted octanol–water partition coefficient (Wildman–Crippen LogP) is 0.240. The Bertz CT molecular complexity index is 644. The standard InChI is InChI=1S/C13H18N2O5S/c1-21(18,19)9-3-4-11(16)10(6-9)15-13(17)12-5-2-8(7-14)20-12/h3-4,6,8,12,16H,2,5,7,14H2,1H3,(H,15,17). The highest BCUT2D eigenvalue weighted by Crippen LogP contribution is 2.28. The summed E-state index contributed by atoms with van der Waals surface area (Å²) in [5.74, 6) is -0.629. The quantitative estimate of drug-likeness (QED) is 0.685. The number of carbonyl (C=O) groups excluding carboxylic acids is 1. The van der Waals surface area contributed by atoms with Gasteiger partial charge in [0, 0.05) is 12.8 Å². The first-order valence-electron chi connectivity index (χ1n) is 6.50. The molecule has 1 amide bonds. The van der Waals surface area contributed by atoms with Crippen LogP contribution in [0.25, 0.3) is 0 Å². The number of nitrogens with two attached hydrogens (primary N) is 1. The number of hydrogen-bond donors (Lipinski definition) is 3. The highest BCUT2D eigenvalue weighted by Gasteiger charge is 2.30. The molecule has 0 radical (unpaired) electrons. The molecule has 2 atom stereocenters. The van der Waals surface area contributed by atoms with E-state index in [1.165, 1.54) is 18.2 Å². The molecule has 0 aliphatic carbocycles. The highest BCUT2D eigenvalue weighted by atomic mass is 32.2. The van der Waals surface area contributed by atoms with Gasteiger partial charge in [-0.2, -0.15) is 0 Å². The third-order valence-corrected chi connectivity index (χ3v) is 4.43. The van der Waals surface area contributed by atoms with Crippen LogP contribution >= 0.6 is 0 Å². The van der Waals surface area contributed by atoms with Crippen molar-refractivity contribution in [1.82, 2.24) is 0 Å². The molecule has 1 heterocycles. The summed E-state index contributed by atoms with van der Waals surface area (Å²) >= 11 is 0. The van der Waals surface area contributed by atoms with Crippen molar-refractivity contribution in [3.8, 4) is 5.75 Å². The van der Waals surface area contributed by atoms with E-state index in [-0.39, 0.29) is 22.4 Å². The van der Waals surface area contributed by atoms with Crippen molar-refractivity contribution in [2.75, 3.05) is 18.1 Å². The number of anilines is 1. The molecular formula is C13H18N2O5S. The first kappa shape index (κ1) is 15.7. The summed E-state index contributed by atoms with van der Waals surface area (Å²) in [6.07, 6.45) is 1.51. The third-order valence-electron chi connectivity index (χ3n) is 3.32. The van der Waals surface area contributed by atoms with Crippen LogP contribution in [-0.2, 0) is 19.4 Å². The average Bonchev–Trinajstić information content (AvgIpc) is 2.88. The molecule has 1 saturated heterocycles. The van der Waals surface area contributed by atoms with E-state index in [0.29, 0.717) is 19.4 Å². The fraction of sp³-hybridized carbons (Fsp3) is 0.462. The lowest BCUT2D eigenvalue weighted by Gasteiger charge is -2.14. The van der Waals surface area contributed by atoms with Gasteiger partial charge in [-0.1, -0.05) is 0 Å². The number of carbonyl (C=O) groups is 1. The molecule has 1 aliphatic heterocycles.